The fraction of sp³-hybridized carbons (Fsp3) is 0.308. The highest BCUT2D eigenvalue weighted by Crippen LogP contribution is 2.21. The molecule has 0 aliphatic carbocycles. The first-order valence-electron chi connectivity index (χ1n) is 5.58. The van der Waals surface area contributed by atoms with Gasteiger partial charge in [0.15, 0.2) is 0 Å². The Balaban J connectivity index is 2.46. The monoisotopic (exact) mass is 231 g/mol. The van der Waals surface area contributed by atoms with Crippen molar-refractivity contribution in [3.63, 3.8) is 0 Å². The second-order valence-electron chi connectivity index (χ2n) is 4.09. The van der Waals surface area contributed by atoms with Crippen molar-refractivity contribution in [1.82, 2.24) is 9.78 Å². The Hall–Kier alpha value is -1.81. The van der Waals surface area contributed by atoms with Crippen molar-refractivity contribution in [2.24, 2.45) is 5.73 Å². The van der Waals surface area contributed by atoms with Gasteiger partial charge in [-0.05, 0) is 26.0 Å². The highest BCUT2D eigenvalue weighted by molar-refractivity contribution is 5.41. The maximum atomic E-state index is 5.88. The van der Waals surface area contributed by atoms with Crippen LogP contribution in [0.5, 0.6) is 5.75 Å². The maximum Gasteiger partial charge on any atom is 0.121 e. The lowest BCUT2D eigenvalue weighted by Crippen LogP contribution is -2.07. The summed E-state index contributed by atoms with van der Waals surface area (Å²) < 4.78 is 7.08. The molecule has 0 fully saturated rings. The minimum atomic E-state index is -0.00522. The predicted molar refractivity (Wildman–Crippen MR) is 67.5 cm³/mol. The summed E-state index contributed by atoms with van der Waals surface area (Å²) in [5.41, 5.74) is 8.99. The second kappa shape index (κ2) is 4.59. The highest BCUT2D eigenvalue weighted by Gasteiger charge is 2.11. The molecule has 17 heavy (non-hydrogen) atoms. The van der Waals surface area contributed by atoms with Crippen LogP contribution in [0.1, 0.15) is 24.2 Å². The van der Waals surface area contributed by atoms with E-state index in [0.29, 0.717) is 0 Å². The first-order chi connectivity index (χ1) is 8.13. The molecule has 1 unspecified atom stereocenters. The van der Waals surface area contributed by atoms with Gasteiger partial charge in [0.2, 0.25) is 0 Å². The van der Waals surface area contributed by atoms with Crippen molar-refractivity contribution >= 4 is 0 Å². The lowest BCUT2D eigenvalue weighted by atomic mass is 10.1. The zero-order valence-corrected chi connectivity index (χ0v) is 10.3. The van der Waals surface area contributed by atoms with Gasteiger partial charge >= 0.3 is 0 Å². The molecule has 2 N–H and O–H groups in total. The topological polar surface area (TPSA) is 53.1 Å². The van der Waals surface area contributed by atoms with E-state index in [1.54, 1.807) is 7.11 Å². The first kappa shape index (κ1) is 11.7. The van der Waals surface area contributed by atoms with Crippen LogP contribution in [0.4, 0.5) is 0 Å². The van der Waals surface area contributed by atoms with Crippen LogP contribution >= 0.6 is 0 Å². The van der Waals surface area contributed by atoms with Crippen LogP contribution in [-0.2, 0) is 0 Å². The first-order valence-corrected chi connectivity index (χ1v) is 5.58. The summed E-state index contributed by atoms with van der Waals surface area (Å²) in [6.07, 6.45) is 1.82. The van der Waals surface area contributed by atoms with Gasteiger partial charge < -0.3 is 10.5 Å². The molecule has 1 aromatic heterocycles. The van der Waals surface area contributed by atoms with E-state index in [-0.39, 0.29) is 6.04 Å². The Morgan fingerprint density at radius 3 is 2.76 bits per heavy atom. The number of hydrogen-bond donors (Lipinski definition) is 1. The van der Waals surface area contributed by atoms with Crippen molar-refractivity contribution in [2.45, 2.75) is 19.9 Å². The molecule has 1 aromatic carbocycles. The number of methoxy groups -OCH3 is 1. The van der Waals surface area contributed by atoms with Crippen LogP contribution in [0, 0.1) is 6.92 Å². The van der Waals surface area contributed by atoms with Gasteiger partial charge in [0.05, 0.1) is 19.0 Å². The third-order valence-electron chi connectivity index (χ3n) is 2.84. The van der Waals surface area contributed by atoms with Gasteiger partial charge in [0.25, 0.3) is 0 Å². The number of nitrogens with zero attached hydrogens (tertiary/aromatic N) is 2. The van der Waals surface area contributed by atoms with Gasteiger partial charge in [0.1, 0.15) is 5.75 Å². The molecular formula is C13H17N3O. The summed E-state index contributed by atoms with van der Waals surface area (Å²) in [4.78, 5) is 0. The van der Waals surface area contributed by atoms with E-state index in [0.717, 1.165) is 22.7 Å². The number of nitrogens with two attached hydrogens (primary N) is 1. The van der Waals surface area contributed by atoms with Crippen LogP contribution in [0.15, 0.2) is 30.5 Å². The van der Waals surface area contributed by atoms with E-state index >= 15 is 0 Å². The predicted octanol–water partition coefficient (Wildman–Crippen LogP) is 2.21. The zero-order valence-electron chi connectivity index (χ0n) is 10.3. The molecule has 4 heteroatoms. The third-order valence-corrected chi connectivity index (χ3v) is 2.84. The van der Waals surface area contributed by atoms with Crippen LogP contribution in [0.3, 0.4) is 0 Å². The molecule has 0 radical (unpaired) electrons. The molecule has 0 saturated heterocycles. The summed E-state index contributed by atoms with van der Waals surface area (Å²) >= 11 is 0. The van der Waals surface area contributed by atoms with Gasteiger partial charge in [0, 0.05) is 23.4 Å². The molecule has 90 valence electrons. The van der Waals surface area contributed by atoms with Crippen molar-refractivity contribution in [2.75, 3.05) is 7.11 Å². The Labute approximate surface area is 101 Å². The molecule has 1 heterocycles. The second-order valence-corrected chi connectivity index (χ2v) is 4.09. The molecule has 0 spiro atoms. The van der Waals surface area contributed by atoms with Crippen molar-refractivity contribution in [3.05, 3.63) is 41.7 Å². The molecule has 2 aromatic rings. The molecule has 4 nitrogen and oxygen atoms in total. The standard InChI is InChI=1S/C13H17N3O/c1-9(14)13-8-15-16(10(13)2)11-5-4-6-12(7-11)17-3/h4-9H,14H2,1-3H3. The Bertz CT molecular complexity index is 517. The summed E-state index contributed by atoms with van der Waals surface area (Å²) in [5, 5.41) is 4.36. The van der Waals surface area contributed by atoms with Crippen LogP contribution in [-0.4, -0.2) is 16.9 Å². The van der Waals surface area contributed by atoms with E-state index in [4.69, 9.17) is 10.5 Å². The summed E-state index contributed by atoms with van der Waals surface area (Å²) in [5.74, 6) is 0.819. The van der Waals surface area contributed by atoms with Crippen molar-refractivity contribution in [1.29, 1.82) is 0 Å². The molecule has 0 aliphatic heterocycles. The van der Waals surface area contributed by atoms with Gasteiger partial charge in [-0.2, -0.15) is 5.10 Å². The third kappa shape index (κ3) is 2.17. The Kier molecular flexibility index (Phi) is 3.15. The number of benzene rings is 1. The van der Waals surface area contributed by atoms with Crippen LogP contribution in [0.2, 0.25) is 0 Å². The maximum absolute atomic E-state index is 5.88. The Morgan fingerprint density at radius 2 is 2.18 bits per heavy atom. The normalized spacial score (nSPS) is 12.5. The van der Waals surface area contributed by atoms with Gasteiger partial charge in [-0.3, -0.25) is 0 Å². The smallest absolute Gasteiger partial charge is 0.121 e. The summed E-state index contributed by atoms with van der Waals surface area (Å²) in [6, 6.07) is 7.79. The summed E-state index contributed by atoms with van der Waals surface area (Å²) in [6.45, 7) is 3.98. The molecule has 0 aliphatic rings. The highest BCUT2D eigenvalue weighted by atomic mass is 16.5. The zero-order chi connectivity index (χ0) is 12.4. The van der Waals surface area contributed by atoms with Crippen molar-refractivity contribution in [3.8, 4) is 11.4 Å². The van der Waals surface area contributed by atoms with E-state index in [2.05, 4.69) is 5.10 Å². The van der Waals surface area contributed by atoms with Crippen LogP contribution < -0.4 is 10.5 Å². The molecular weight excluding hydrogens is 214 g/mol. The average molecular weight is 231 g/mol. The van der Waals surface area contributed by atoms with Gasteiger partial charge in [-0.15, -0.1) is 0 Å². The van der Waals surface area contributed by atoms with Gasteiger partial charge in [-0.1, -0.05) is 6.07 Å². The van der Waals surface area contributed by atoms with Gasteiger partial charge in [-0.25, -0.2) is 4.68 Å². The van der Waals surface area contributed by atoms with E-state index in [1.807, 2.05) is 49.0 Å². The van der Waals surface area contributed by atoms with Crippen LogP contribution in [0.25, 0.3) is 5.69 Å². The minimum Gasteiger partial charge on any atom is -0.497 e. The van der Waals surface area contributed by atoms with Crippen molar-refractivity contribution < 1.29 is 4.74 Å². The minimum absolute atomic E-state index is 0.00522. The SMILES string of the molecule is COc1cccc(-n2ncc(C(C)N)c2C)c1. The quantitative estimate of drug-likeness (QED) is 0.881. The number of ether oxygens (including phenoxy) is 1. The number of aromatic nitrogens is 2. The fourth-order valence-corrected chi connectivity index (χ4v) is 1.87. The Morgan fingerprint density at radius 1 is 1.41 bits per heavy atom. The molecule has 1 atom stereocenters. The van der Waals surface area contributed by atoms with E-state index in [1.165, 1.54) is 0 Å². The van der Waals surface area contributed by atoms with E-state index < -0.39 is 0 Å². The molecule has 0 amide bonds. The lowest BCUT2D eigenvalue weighted by Gasteiger charge is -2.08. The average Bonchev–Trinajstić information content (AvgIpc) is 2.71. The summed E-state index contributed by atoms with van der Waals surface area (Å²) in [7, 11) is 1.66. The fourth-order valence-electron chi connectivity index (χ4n) is 1.87. The van der Waals surface area contributed by atoms with E-state index in [9.17, 15) is 0 Å². The molecule has 2 rings (SSSR count). The largest absolute Gasteiger partial charge is 0.497 e. The molecule has 0 bridgehead atoms. The lowest BCUT2D eigenvalue weighted by molar-refractivity contribution is 0.414. The number of rotatable bonds is 3. The molecule has 0 saturated carbocycles. The number of hydrogen-bond acceptors (Lipinski definition) is 3.